The predicted molar refractivity (Wildman–Crippen MR) is 83.1 cm³/mol. The van der Waals surface area contributed by atoms with Crippen LogP contribution in [0.15, 0.2) is 48.5 Å². The van der Waals surface area contributed by atoms with E-state index < -0.39 is 5.97 Å². The first-order valence-electron chi connectivity index (χ1n) is 6.44. The first-order valence-corrected chi connectivity index (χ1v) is 6.82. The molecule has 2 rings (SSSR count). The number of ether oxygens (including phenoxy) is 1. The van der Waals surface area contributed by atoms with Gasteiger partial charge in [-0.2, -0.15) is 0 Å². The number of hydrogen-bond donors (Lipinski definition) is 1. The van der Waals surface area contributed by atoms with Crippen molar-refractivity contribution in [3.05, 3.63) is 59.1 Å². The Hall–Kier alpha value is -2.20. The Balaban J connectivity index is 2.30. The van der Waals surface area contributed by atoms with E-state index in [9.17, 15) is 4.79 Å². The average molecular weight is 306 g/mol. The third-order valence-electron chi connectivity index (χ3n) is 3.05. The van der Waals surface area contributed by atoms with Gasteiger partial charge < -0.3 is 14.7 Å². The van der Waals surface area contributed by atoms with E-state index >= 15 is 0 Å². The molecule has 0 aliphatic heterocycles. The molecule has 21 heavy (non-hydrogen) atoms. The molecule has 0 bridgehead atoms. The van der Waals surface area contributed by atoms with Crippen molar-refractivity contribution in [1.82, 2.24) is 0 Å². The summed E-state index contributed by atoms with van der Waals surface area (Å²) >= 11 is 5.99. The van der Waals surface area contributed by atoms with Crippen LogP contribution in [0, 0.1) is 0 Å². The van der Waals surface area contributed by atoms with Gasteiger partial charge in [0, 0.05) is 22.8 Å². The van der Waals surface area contributed by atoms with Gasteiger partial charge in [0.05, 0.1) is 7.11 Å². The van der Waals surface area contributed by atoms with Crippen LogP contribution in [-0.4, -0.2) is 24.7 Å². The lowest BCUT2D eigenvalue weighted by atomic mass is 10.1. The number of para-hydroxylation sites is 1. The zero-order valence-electron chi connectivity index (χ0n) is 11.6. The molecule has 110 valence electrons. The molecule has 1 N–H and O–H groups in total. The molecular weight excluding hydrogens is 290 g/mol. The molecule has 0 spiro atoms. The molecule has 0 heterocycles. The van der Waals surface area contributed by atoms with Crippen molar-refractivity contribution in [3.63, 3.8) is 0 Å². The van der Waals surface area contributed by atoms with Crippen molar-refractivity contribution < 1.29 is 14.6 Å². The minimum absolute atomic E-state index is 0.113. The summed E-state index contributed by atoms with van der Waals surface area (Å²) in [7, 11) is 1.60. The number of carbonyl (C=O) groups is 1. The molecule has 0 aromatic heterocycles. The standard InChI is InChI=1S/C16H16ClNO3/c1-21-15-8-3-2-5-12(15)10-18(11-16(19)20)14-7-4-6-13(17)9-14/h2-9H,10-11H2,1H3,(H,19,20). The fraction of sp³-hybridized carbons (Fsp3) is 0.188. The average Bonchev–Trinajstić information content (AvgIpc) is 2.46. The van der Waals surface area contributed by atoms with Crippen LogP contribution in [0.5, 0.6) is 5.75 Å². The molecule has 0 radical (unpaired) electrons. The highest BCUT2D eigenvalue weighted by Crippen LogP contribution is 2.24. The zero-order chi connectivity index (χ0) is 15.2. The van der Waals surface area contributed by atoms with Gasteiger partial charge in [0.25, 0.3) is 0 Å². The van der Waals surface area contributed by atoms with Crippen LogP contribution in [-0.2, 0) is 11.3 Å². The Labute approximate surface area is 128 Å². The maximum atomic E-state index is 11.1. The Morgan fingerprint density at radius 1 is 1.24 bits per heavy atom. The predicted octanol–water partition coefficient (Wildman–Crippen LogP) is 3.44. The topological polar surface area (TPSA) is 49.8 Å². The molecule has 0 unspecified atom stereocenters. The van der Waals surface area contributed by atoms with E-state index in [4.69, 9.17) is 21.4 Å². The summed E-state index contributed by atoms with van der Waals surface area (Å²) in [6, 6.07) is 14.7. The molecule has 2 aromatic rings. The summed E-state index contributed by atoms with van der Waals surface area (Å²) in [6.07, 6.45) is 0. The summed E-state index contributed by atoms with van der Waals surface area (Å²) in [4.78, 5) is 12.8. The lowest BCUT2D eigenvalue weighted by molar-refractivity contribution is -0.135. The lowest BCUT2D eigenvalue weighted by Gasteiger charge is -2.24. The van der Waals surface area contributed by atoms with E-state index in [1.165, 1.54) is 0 Å². The van der Waals surface area contributed by atoms with Gasteiger partial charge in [0.2, 0.25) is 0 Å². The summed E-state index contributed by atoms with van der Waals surface area (Å²) in [5.74, 6) is -0.167. The van der Waals surface area contributed by atoms with Gasteiger partial charge in [-0.25, -0.2) is 0 Å². The van der Waals surface area contributed by atoms with Gasteiger partial charge in [-0.3, -0.25) is 4.79 Å². The number of carboxylic acids is 1. The molecule has 2 aromatic carbocycles. The number of aliphatic carboxylic acids is 1. The van der Waals surface area contributed by atoms with E-state index in [-0.39, 0.29) is 6.54 Å². The molecule has 0 aliphatic rings. The molecule has 0 amide bonds. The zero-order valence-corrected chi connectivity index (χ0v) is 12.4. The normalized spacial score (nSPS) is 10.2. The van der Waals surface area contributed by atoms with Crippen LogP contribution in [0.4, 0.5) is 5.69 Å². The second kappa shape index (κ2) is 6.99. The van der Waals surface area contributed by atoms with Crippen molar-refractivity contribution in [2.24, 2.45) is 0 Å². The fourth-order valence-corrected chi connectivity index (χ4v) is 2.30. The summed E-state index contributed by atoms with van der Waals surface area (Å²) in [5.41, 5.74) is 1.68. The van der Waals surface area contributed by atoms with E-state index in [0.717, 1.165) is 17.0 Å². The maximum Gasteiger partial charge on any atom is 0.323 e. The Morgan fingerprint density at radius 3 is 2.67 bits per heavy atom. The van der Waals surface area contributed by atoms with Gasteiger partial charge in [0.15, 0.2) is 0 Å². The lowest BCUT2D eigenvalue weighted by Crippen LogP contribution is -2.29. The molecule has 0 saturated heterocycles. The van der Waals surface area contributed by atoms with Crippen LogP contribution in [0.1, 0.15) is 5.56 Å². The SMILES string of the molecule is COc1ccccc1CN(CC(=O)O)c1cccc(Cl)c1. The minimum Gasteiger partial charge on any atom is -0.496 e. The van der Waals surface area contributed by atoms with Gasteiger partial charge >= 0.3 is 5.97 Å². The van der Waals surface area contributed by atoms with Crippen LogP contribution < -0.4 is 9.64 Å². The van der Waals surface area contributed by atoms with Crippen molar-refractivity contribution in [3.8, 4) is 5.75 Å². The van der Waals surface area contributed by atoms with Crippen molar-refractivity contribution in [1.29, 1.82) is 0 Å². The summed E-state index contributed by atoms with van der Waals surface area (Å²) in [6.45, 7) is 0.315. The van der Waals surface area contributed by atoms with E-state index in [1.54, 1.807) is 30.2 Å². The van der Waals surface area contributed by atoms with Crippen LogP contribution in [0.25, 0.3) is 0 Å². The Morgan fingerprint density at radius 2 is 2.00 bits per heavy atom. The summed E-state index contributed by atoms with van der Waals surface area (Å²) in [5, 5.41) is 9.69. The van der Waals surface area contributed by atoms with E-state index in [2.05, 4.69) is 0 Å². The van der Waals surface area contributed by atoms with Gasteiger partial charge in [-0.15, -0.1) is 0 Å². The van der Waals surface area contributed by atoms with Crippen molar-refractivity contribution >= 4 is 23.3 Å². The highest BCUT2D eigenvalue weighted by Gasteiger charge is 2.14. The third-order valence-corrected chi connectivity index (χ3v) is 3.29. The first-order chi connectivity index (χ1) is 10.1. The number of hydrogen-bond acceptors (Lipinski definition) is 3. The number of benzene rings is 2. The largest absolute Gasteiger partial charge is 0.496 e. The smallest absolute Gasteiger partial charge is 0.323 e. The molecule has 4 nitrogen and oxygen atoms in total. The fourth-order valence-electron chi connectivity index (χ4n) is 2.11. The van der Waals surface area contributed by atoms with Gasteiger partial charge in [0.1, 0.15) is 12.3 Å². The number of methoxy groups -OCH3 is 1. The molecule has 0 saturated carbocycles. The van der Waals surface area contributed by atoms with Gasteiger partial charge in [-0.05, 0) is 24.3 Å². The van der Waals surface area contributed by atoms with Crippen LogP contribution in [0.2, 0.25) is 5.02 Å². The number of halogens is 1. The molecular formula is C16H16ClNO3. The first kappa shape index (κ1) is 15.2. The monoisotopic (exact) mass is 305 g/mol. The maximum absolute atomic E-state index is 11.1. The van der Waals surface area contributed by atoms with Gasteiger partial charge in [-0.1, -0.05) is 35.9 Å². The van der Waals surface area contributed by atoms with E-state index in [0.29, 0.717) is 11.6 Å². The molecule has 5 heteroatoms. The minimum atomic E-state index is -0.898. The Kier molecular flexibility index (Phi) is 5.06. The number of nitrogens with zero attached hydrogens (tertiary/aromatic N) is 1. The van der Waals surface area contributed by atoms with Crippen molar-refractivity contribution in [2.75, 3.05) is 18.6 Å². The molecule has 0 atom stereocenters. The highest BCUT2D eigenvalue weighted by molar-refractivity contribution is 6.30. The molecule has 0 aliphatic carbocycles. The highest BCUT2D eigenvalue weighted by atomic mass is 35.5. The number of rotatable bonds is 6. The second-order valence-corrected chi connectivity index (χ2v) is 4.98. The molecule has 0 fully saturated rings. The quantitative estimate of drug-likeness (QED) is 0.888. The van der Waals surface area contributed by atoms with Crippen LogP contribution in [0.3, 0.4) is 0 Å². The van der Waals surface area contributed by atoms with Crippen LogP contribution >= 0.6 is 11.6 Å². The number of anilines is 1. The Bertz CT molecular complexity index is 630. The van der Waals surface area contributed by atoms with Crippen molar-refractivity contribution in [2.45, 2.75) is 6.54 Å². The summed E-state index contributed by atoms with van der Waals surface area (Å²) < 4.78 is 5.31. The van der Waals surface area contributed by atoms with E-state index in [1.807, 2.05) is 30.3 Å². The second-order valence-electron chi connectivity index (χ2n) is 4.54. The number of carboxylic acid groups (broad SMARTS) is 1. The third kappa shape index (κ3) is 4.13.